The van der Waals surface area contributed by atoms with Crippen LogP contribution in [-0.2, 0) is 16.2 Å². The van der Waals surface area contributed by atoms with Crippen molar-refractivity contribution in [1.29, 1.82) is 15.8 Å². The highest BCUT2D eigenvalue weighted by Crippen LogP contribution is 2.43. The number of rotatable bonds is 20. The molecule has 0 spiro atoms. The van der Waals surface area contributed by atoms with Crippen LogP contribution in [0, 0.1) is 34.4 Å². The number of amides is 3. The number of methoxy groups -OCH3 is 3. The van der Waals surface area contributed by atoms with E-state index in [4.69, 9.17) is 54.9 Å². The van der Waals surface area contributed by atoms with Crippen molar-refractivity contribution in [1.82, 2.24) is 31.9 Å². The van der Waals surface area contributed by atoms with Gasteiger partial charge in [-0.1, -0.05) is 187 Å². The molecule has 3 fully saturated rings. The van der Waals surface area contributed by atoms with Crippen LogP contribution < -0.4 is 66.1 Å². The Labute approximate surface area is 644 Å². The molecule has 3 aliphatic rings. The van der Waals surface area contributed by atoms with Crippen LogP contribution in [0.1, 0.15) is 125 Å². The Morgan fingerprint density at radius 3 is 1.08 bits per heavy atom. The van der Waals surface area contributed by atoms with Crippen molar-refractivity contribution < 1.29 is 42.8 Å². The zero-order valence-corrected chi connectivity index (χ0v) is 62.5. The highest BCUT2D eigenvalue weighted by molar-refractivity contribution is 5.98. The second-order valence-corrected chi connectivity index (χ2v) is 26.8. The summed E-state index contributed by atoms with van der Waals surface area (Å²) in [7, 11) is 6.37. The molecule has 0 unspecified atom stereocenters. The number of guanidine groups is 1. The third kappa shape index (κ3) is 23.5. The van der Waals surface area contributed by atoms with Gasteiger partial charge in [0.25, 0.3) is 17.7 Å². The summed E-state index contributed by atoms with van der Waals surface area (Å²) in [6.07, 6.45) is 16.2. The number of hydrogen-bond acceptors (Lipinski definition) is 16. The van der Waals surface area contributed by atoms with Gasteiger partial charge in [0.15, 0.2) is 12.4 Å². The lowest BCUT2D eigenvalue weighted by molar-refractivity contribution is 0.0924. The van der Waals surface area contributed by atoms with Crippen LogP contribution in [0.2, 0.25) is 0 Å². The molecule has 0 bridgehead atoms. The first kappa shape index (κ1) is 81.1. The largest absolute Gasteiger partial charge is 0.496 e. The number of aliphatic imine (C=N–C) groups is 3. The summed E-state index contributed by atoms with van der Waals surface area (Å²) in [6.45, 7) is 1.67. The number of nitrogens with zero attached hydrogens (tertiary/aromatic N) is 6. The standard InChI is InChI=1S/C29H30N4O3.C24H29N5O2.C21H26N2O2.C14H10N2O2/c1-35-26-15-9-8-14-25(26)27(34)31-20-29(22-10-4-2-5-11-22)18-16-23(17-19-29)33-28(32-21-30)36-24-12-6-3-7-13-24;1-26-23(28-17-25)29-19-12-14-24(15-13-19,18-8-4-3-5-9-18)16-27-22(30)20-10-6-7-11-21(20)31-2;1-25-19-10-6-5-9-18(19)20(24)23-15-21(13-11-17(22)12-14-21)16-7-3-2-4-8-16;15-11-16-14(17-12-7-3-1-4-8-12)18-13-9-5-2-6-10-13/h2-15,23H,16-20H2,1H3,(H,31,34)(H,32,33);3-11,19H,12-16H2,1-2H3,(H,27,30)(H2,26,28,29);2-10,17H,11-15,22H2,1H3,(H,23,24);1-10H. The lowest BCUT2D eigenvalue weighted by Crippen LogP contribution is -2.49. The molecule has 0 aromatic heterocycles. The van der Waals surface area contributed by atoms with Crippen molar-refractivity contribution >= 4 is 35.8 Å². The first-order valence-corrected chi connectivity index (χ1v) is 36.7. The third-order valence-corrected chi connectivity index (χ3v) is 20.0. The maximum Gasteiger partial charge on any atom is 0.410 e. The van der Waals surface area contributed by atoms with Gasteiger partial charge in [-0.3, -0.25) is 24.7 Å². The second kappa shape index (κ2) is 42.4. The highest BCUT2D eigenvalue weighted by atomic mass is 16.7. The zero-order chi connectivity index (χ0) is 77.7. The van der Waals surface area contributed by atoms with Gasteiger partial charge < -0.3 is 55.4 Å². The lowest BCUT2D eigenvalue weighted by Gasteiger charge is -2.41. The van der Waals surface area contributed by atoms with E-state index in [0.717, 1.165) is 77.0 Å². The van der Waals surface area contributed by atoms with Crippen molar-refractivity contribution in [2.45, 2.75) is 111 Å². The normalized spacial score (nSPS) is 19.0. The molecular weight excluding hydrogens is 1380 g/mol. The third-order valence-electron chi connectivity index (χ3n) is 20.0. The number of para-hydroxylation sites is 6. The van der Waals surface area contributed by atoms with Crippen molar-refractivity contribution in [2.24, 2.45) is 20.7 Å². The van der Waals surface area contributed by atoms with E-state index in [1.54, 1.807) is 89.2 Å². The van der Waals surface area contributed by atoms with Crippen LogP contribution in [0.5, 0.6) is 34.5 Å². The fourth-order valence-electron chi connectivity index (χ4n) is 14.0. The van der Waals surface area contributed by atoms with E-state index in [0.29, 0.717) is 76.8 Å². The summed E-state index contributed by atoms with van der Waals surface area (Å²) < 4.78 is 32.5. The van der Waals surface area contributed by atoms with E-state index in [9.17, 15) is 14.4 Å². The van der Waals surface area contributed by atoms with Crippen LogP contribution in [0.15, 0.2) is 270 Å². The number of ether oxygens (including phenoxy) is 6. The summed E-state index contributed by atoms with van der Waals surface area (Å²) in [5.74, 6) is 3.56. The number of benzene rings is 9. The first-order valence-electron chi connectivity index (χ1n) is 36.7. The number of hydrogen-bond donors (Lipinski definition) is 7. The van der Waals surface area contributed by atoms with E-state index in [2.05, 4.69) is 90.4 Å². The molecule has 3 amide bonds. The average molecular weight is 1480 g/mol. The van der Waals surface area contributed by atoms with Gasteiger partial charge in [0, 0.05) is 55.0 Å². The minimum absolute atomic E-state index is 0.00585. The van der Waals surface area contributed by atoms with E-state index in [-0.39, 0.29) is 64.2 Å². The highest BCUT2D eigenvalue weighted by Gasteiger charge is 2.40. The number of nitrogens with two attached hydrogens (primary N) is 1. The molecule has 3 aliphatic carbocycles. The van der Waals surface area contributed by atoms with Crippen LogP contribution in [-0.4, -0.2) is 102 Å². The molecule has 0 saturated heterocycles. The van der Waals surface area contributed by atoms with Crippen LogP contribution in [0.4, 0.5) is 0 Å². The number of nitrogens with one attached hydrogen (secondary N) is 6. The van der Waals surface area contributed by atoms with Gasteiger partial charge in [0.2, 0.25) is 12.2 Å². The molecule has 0 heterocycles. The molecule has 9 aromatic carbocycles. The van der Waals surface area contributed by atoms with Gasteiger partial charge in [0.1, 0.15) is 34.5 Å². The Bertz CT molecular complexity index is 4530. The molecule has 22 heteroatoms. The maximum atomic E-state index is 13.0. The van der Waals surface area contributed by atoms with Crippen molar-refractivity contribution in [3.05, 3.63) is 288 Å². The minimum atomic E-state index is -0.214. The maximum absolute atomic E-state index is 13.0. The smallest absolute Gasteiger partial charge is 0.410 e. The van der Waals surface area contributed by atoms with Gasteiger partial charge in [0.05, 0.1) is 44.1 Å². The SMILES string of the molecule is CN=C(NC#N)NC1CCC(CNC(=O)c2ccccc2OC)(c2ccccc2)CC1.COc1ccccc1C(=O)NCC1(c2ccccc2)CCC(N)CC1.COc1ccccc1C(=O)NCC1(c2ccccc2)CCC(N=C(NC#N)Oc2ccccc2)CC1.N#CN=C(Oc1ccccc1)Oc1ccccc1. The number of amidine groups is 1. The molecular formula is C88H95N13O9. The quantitative estimate of drug-likeness (QED) is 0.0161. The molecule has 3 saturated carbocycles. The molecule has 0 radical (unpaired) electrons. The molecule has 0 atom stereocenters. The van der Waals surface area contributed by atoms with Gasteiger partial charge in [-0.2, -0.15) is 15.8 Å². The molecule has 110 heavy (non-hydrogen) atoms. The topological polar surface area (TPSA) is 313 Å². The summed E-state index contributed by atoms with van der Waals surface area (Å²) >= 11 is 0. The monoisotopic (exact) mass is 1480 g/mol. The van der Waals surface area contributed by atoms with Gasteiger partial charge >= 0.3 is 12.1 Å². The molecule has 12 rings (SSSR count). The molecule has 22 nitrogen and oxygen atoms in total. The van der Waals surface area contributed by atoms with Gasteiger partial charge in [-0.05, 0) is 167 Å². The predicted octanol–water partition coefficient (Wildman–Crippen LogP) is 14.0. The second-order valence-electron chi connectivity index (χ2n) is 26.8. The minimum Gasteiger partial charge on any atom is -0.496 e. The van der Waals surface area contributed by atoms with Crippen LogP contribution >= 0.6 is 0 Å². The Hall–Kier alpha value is -13.0. The fourth-order valence-corrected chi connectivity index (χ4v) is 14.0. The summed E-state index contributed by atoms with van der Waals surface area (Å²) in [6, 6.07) is 81.0. The van der Waals surface area contributed by atoms with E-state index >= 15 is 0 Å². The van der Waals surface area contributed by atoms with E-state index in [1.165, 1.54) is 16.7 Å². The average Bonchev–Trinajstić information content (AvgIpc) is 0.802. The summed E-state index contributed by atoms with van der Waals surface area (Å²) in [5.41, 5.74) is 11.0. The van der Waals surface area contributed by atoms with E-state index in [1.807, 2.05) is 164 Å². The Morgan fingerprint density at radius 1 is 0.427 bits per heavy atom. The van der Waals surface area contributed by atoms with Crippen molar-refractivity contribution in [3.8, 4) is 53.1 Å². The Kier molecular flexibility index (Phi) is 31.3. The van der Waals surface area contributed by atoms with Gasteiger partial charge in [-0.15, -0.1) is 0 Å². The zero-order valence-electron chi connectivity index (χ0n) is 62.5. The van der Waals surface area contributed by atoms with Crippen molar-refractivity contribution in [2.75, 3.05) is 48.0 Å². The molecule has 8 N–H and O–H groups in total. The summed E-state index contributed by atoms with van der Waals surface area (Å²) in [5, 5.41) is 44.5. The summed E-state index contributed by atoms with van der Waals surface area (Å²) in [4.78, 5) is 50.9. The fraction of sp³-hybridized carbons (Fsp3) is 0.284. The lowest BCUT2D eigenvalue weighted by atomic mass is 9.68. The Morgan fingerprint density at radius 2 is 0.745 bits per heavy atom. The first-order chi connectivity index (χ1) is 53.8. The predicted molar refractivity (Wildman–Crippen MR) is 427 cm³/mol. The Balaban J connectivity index is 0.000000173. The van der Waals surface area contributed by atoms with Crippen LogP contribution in [0.25, 0.3) is 0 Å². The van der Waals surface area contributed by atoms with E-state index < -0.39 is 0 Å². The molecule has 566 valence electrons. The van der Waals surface area contributed by atoms with Gasteiger partial charge in [-0.25, -0.2) is 10.3 Å². The molecule has 0 aliphatic heterocycles. The number of carbonyl (C=O) groups is 3. The molecule has 9 aromatic rings. The number of carbonyl (C=O) groups excluding carboxylic acids is 3. The number of nitriles is 3. The van der Waals surface area contributed by atoms with Crippen LogP contribution in [0.3, 0.4) is 0 Å². The van der Waals surface area contributed by atoms with Crippen molar-refractivity contribution in [3.63, 3.8) is 0 Å².